The molecule has 2 fully saturated rings. The van der Waals surface area contributed by atoms with Gasteiger partial charge in [0.25, 0.3) is 0 Å². The first-order valence-corrected chi connectivity index (χ1v) is 7.83. The quantitative estimate of drug-likeness (QED) is 0.778. The van der Waals surface area contributed by atoms with Crippen molar-refractivity contribution < 1.29 is 14.1 Å². The van der Waals surface area contributed by atoms with E-state index in [1.54, 1.807) is 0 Å². The Balaban J connectivity index is 1.53. The van der Waals surface area contributed by atoms with Crippen LogP contribution in [0.2, 0.25) is 0 Å². The summed E-state index contributed by atoms with van der Waals surface area (Å²) in [4.78, 5) is 31.0. The lowest BCUT2D eigenvalue weighted by Gasteiger charge is -2.22. The number of carbonyl (C=O) groups is 2. The number of carbonyl (C=O) groups excluding carboxylic acids is 2. The number of imide groups is 1. The van der Waals surface area contributed by atoms with E-state index < -0.39 is 0 Å². The minimum absolute atomic E-state index is 0.119. The van der Waals surface area contributed by atoms with Gasteiger partial charge >= 0.3 is 6.03 Å². The van der Waals surface area contributed by atoms with Crippen LogP contribution in [0.4, 0.5) is 4.79 Å². The number of hydrogen-bond donors (Lipinski definition) is 1. The minimum atomic E-state index is -0.284. The van der Waals surface area contributed by atoms with Crippen molar-refractivity contribution in [2.45, 2.75) is 38.6 Å². The van der Waals surface area contributed by atoms with Crippen LogP contribution >= 0.6 is 0 Å². The first kappa shape index (κ1) is 15.0. The Labute approximate surface area is 128 Å². The molecule has 1 N–H and O–H groups in total. The summed E-state index contributed by atoms with van der Waals surface area (Å²) >= 11 is 0. The van der Waals surface area contributed by atoms with Crippen molar-refractivity contribution in [3.8, 4) is 0 Å². The van der Waals surface area contributed by atoms with Crippen molar-refractivity contribution in [3.05, 3.63) is 11.7 Å². The second-order valence-electron chi connectivity index (χ2n) is 5.65. The highest BCUT2D eigenvalue weighted by molar-refractivity contribution is 6.01. The van der Waals surface area contributed by atoms with Gasteiger partial charge in [-0.15, -0.1) is 0 Å². The summed E-state index contributed by atoms with van der Waals surface area (Å²) in [6.07, 6.45) is 3.62. The molecule has 8 nitrogen and oxygen atoms in total. The minimum Gasteiger partial charge on any atom is -0.339 e. The smallest absolute Gasteiger partial charge is 0.324 e. The van der Waals surface area contributed by atoms with E-state index in [0.717, 1.165) is 44.6 Å². The number of amides is 3. The van der Waals surface area contributed by atoms with Gasteiger partial charge in [-0.05, 0) is 25.8 Å². The molecule has 0 spiro atoms. The number of aromatic nitrogens is 2. The Hall–Kier alpha value is -1.96. The number of likely N-dealkylation sites (tertiary alicyclic amines) is 1. The molecule has 1 aromatic heterocycles. The van der Waals surface area contributed by atoms with E-state index in [9.17, 15) is 9.59 Å². The van der Waals surface area contributed by atoms with Crippen LogP contribution in [-0.4, -0.2) is 58.1 Å². The zero-order chi connectivity index (χ0) is 15.5. The van der Waals surface area contributed by atoms with Crippen LogP contribution in [0, 0.1) is 0 Å². The average Bonchev–Trinajstić information content (AvgIpc) is 3.22. The molecule has 1 aromatic rings. The first-order valence-electron chi connectivity index (χ1n) is 7.83. The summed E-state index contributed by atoms with van der Waals surface area (Å²) in [5, 5.41) is 6.61. The molecule has 2 aliphatic heterocycles. The topological polar surface area (TPSA) is 91.6 Å². The highest BCUT2D eigenvalue weighted by atomic mass is 16.5. The molecule has 1 atom stereocenters. The fourth-order valence-electron chi connectivity index (χ4n) is 3.05. The summed E-state index contributed by atoms with van der Waals surface area (Å²) in [6, 6.07) is -0.0964. The lowest BCUT2D eigenvalue weighted by molar-refractivity contribution is -0.125. The van der Waals surface area contributed by atoms with E-state index in [1.807, 2.05) is 6.92 Å². The largest absolute Gasteiger partial charge is 0.339 e. The van der Waals surface area contributed by atoms with E-state index in [4.69, 9.17) is 4.52 Å². The molecule has 22 heavy (non-hydrogen) atoms. The van der Waals surface area contributed by atoms with Crippen molar-refractivity contribution in [2.24, 2.45) is 0 Å². The second-order valence-corrected chi connectivity index (χ2v) is 5.65. The Bertz CT molecular complexity index is 542. The van der Waals surface area contributed by atoms with Crippen LogP contribution < -0.4 is 5.32 Å². The molecule has 0 bridgehead atoms. The maximum absolute atomic E-state index is 11.5. The van der Waals surface area contributed by atoms with Gasteiger partial charge in [0.2, 0.25) is 11.8 Å². The average molecular weight is 307 g/mol. The number of nitrogens with zero attached hydrogens (tertiary/aromatic N) is 4. The van der Waals surface area contributed by atoms with Crippen LogP contribution in [0.1, 0.15) is 43.9 Å². The monoisotopic (exact) mass is 307 g/mol. The molecule has 0 radical (unpaired) electrons. The molecule has 2 aliphatic rings. The molecule has 0 unspecified atom stereocenters. The summed E-state index contributed by atoms with van der Waals surface area (Å²) in [6.45, 7) is 4.37. The van der Waals surface area contributed by atoms with Crippen molar-refractivity contribution >= 4 is 11.9 Å². The fourth-order valence-corrected chi connectivity index (χ4v) is 3.05. The van der Waals surface area contributed by atoms with Gasteiger partial charge in [-0.1, -0.05) is 12.1 Å². The molecule has 3 amide bonds. The maximum Gasteiger partial charge on any atom is 0.324 e. The third-order valence-electron chi connectivity index (χ3n) is 4.21. The number of aryl methyl sites for hydroxylation is 1. The Morgan fingerprint density at radius 2 is 2.23 bits per heavy atom. The van der Waals surface area contributed by atoms with Crippen LogP contribution in [-0.2, 0) is 11.2 Å². The lowest BCUT2D eigenvalue weighted by atomic mass is 10.2. The highest BCUT2D eigenvalue weighted by Gasteiger charge is 2.31. The Morgan fingerprint density at radius 3 is 2.91 bits per heavy atom. The van der Waals surface area contributed by atoms with Gasteiger partial charge in [0.15, 0.2) is 5.82 Å². The Morgan fingerprint density at radius 1 is 1.36 bits per heavy atom. The lowest BCUT2D eigenvalue weighted by Crippen LogP contribution is -2.34. The van der Waals surface area contributed by atoms with E-state index in [2.05, 4.69) is 20.4 Å². The van der Waals surface area contributed by atoms with Crippen LogP contribution in [0.3, 0.4) is 0 Å². The molecule has 120 valence electrons. The first-order chi connectivity index (χ1) is 10.7. The van der Waals surface area contributed by atoms with Gasteiger partial charge in [-0.2, -0.15) is 4.98 Å². The van der Waals surface area contributed by atoms with E-state index in [1.165, 1.54) is 4.90 Å². The maximum atomic E-state index is 11.5. The van der Waals surface area contributed by atoms with Gasteiger partial charge in [0, 0.05) is 19.5 Å². The van der Waals surface area contributed by atoms with Crippen molar-refractivity contribution in [3.63, 3.8) is 0 Å². The second kappa shape index (κ2) is 6.43. The predicted octanol–water partition coefficient (Wildman–Crippen LogP) is 0.711. The third kappa shape index (κ3) is 2.96. The van der Waals surface area contributed by atoms with Gasteiger partial charge in [-0.3, -0.25) is 14.6 Å². The normalized spacial score (nSPS) is 22.6. The SMILES string of the molecule is CCc1nc([C@H]2CCCN2CCCN2C(=O)CNC2=O)no1. The van der Waals surface area contributed by atoms with Gasteiger partial charge in [0.1, 0.15) is 0 Å². The number of urea groups is 1. The van der Waals surface area contributed by atoms with Crippen molar-refractivity contribution in [1.82, 2.24) is 25.3 Å². The molecular formula is C14H21N5O3. The standard InChI is InChI=1S/C14H21N5O3/c1-2-11-16-13(17-22-11)10-5-3-6-18(10)7-4-8-19-12(20)9-15-14(19)21/h10H,2-9H2,1H3,(H,15,21)/t10-/m1/s1. The zero-order valence-electron chi connectivity index (χ0n) is 12.7. The van der Waals surface area contributed by atoms with Crippen LogP contribution in [0.25, 0.3) is 0 Å². The molecular weight excluding hydrogens is 286 g/mol. The van der Waals surface area contributed by atoms with Crippen molar-refractivity contribution in [1.29, 1.82) is 0 Å². The fraction of sp³-hybridized carbons (Fsp3) is 0.714. The third-order valence-corrected chi connectivity index (χ3v) is 4.21. The van der Waals surface area contributed by atoms with E-state index in [-0.39, 0.29) is 24.5 Å². The Kier molecular flexibility index (Phi) is 4.37. The van der Waals surface area contributed by atoms with Crippen LogP contribution in [0.15, 0.2) is 4.52 Å². The molecule has 0 aromatic carbocycles. The van der Waals surface area contributed by atoms with Gasteiger partial charge in [-0.25, -0.2) is 4.79 Å². The number of rotatable bonds is 6. The molecule has 3 heterocycles. The van der Waals surface area contributed by atoms with E-state index >= 15 is 0 Å². The molecule has 0 aliphatic carbocycles. The van der Waals surface area contributed by atoms with E-state index in [0.29, 0.717) is 12.4 Å². The summed E-state index contributed by atoms with van der Waals surface area (Å²) in [5.74, 6) is 1.28. The zero-order valence-corrected chi connectivity index (χ0v) is 12.7. The molecule has 8 heteroatoms. The number of nitrogens with one attached hydrogen (secondary N) is 1. The van der Waals surface area contributed by atoms with Gasteiger partial charge in [0.05, 0.1) is 12.6 Å². The van der Waals surface area contributed by atoms with Crippen LogP contribution in [0.5, 0.6) is 0 Å². The predicted molar refractivity (Wildman–Crippen MR) is 77.0 cm³/mol. The highest BCUT2D eigenvalue weighted by Crippen LogP contribution is 2.30. The molecule has 2 saturated heterocycles. The number of hydrogen-bond acceptors (Lipinski definition) is 6. The van der Waals surface area contributed by atoms with Crippen molar-refractivity contribution in [2.75, 3.05) is 26.2 Å². The summed E-state index contributed by atoms with van der Waals surface area (Å²) in [5.41, 5.74) is 0. The molecule has 3 rings (SSSR count). The summed E-state index contributed by atoms with van der Waals surface area (Å²) < 4.78 is 5.19. The molecule has 0 saturated carbocycles. The van der Waals surface area contributed by atoms with Gasteiger partial charge < -0.3 is 9.84 Å². The summed E-state index contributed by atoms with van der Waals surface area (Å²) in [7, 11) is 0.